The molecule has 0 amide bonds. The molecule has 0 bridgehead atoms. The zero-order valence-corrected chi connectivity index (χ0v) is 36.7. The fraction of sp³-hybridized carbons (Fsp3) is 0.0154. The maximum Gasteiger partial charge on any atom is 0.136 e. The van der Waals surface area contributed by atoms with E-state index in [4.69, 9.17) is 4.42 Å². The first-order chi connectivity index (χ1) is 33.2. The van der Waals surface area contributed by atoms with Crippen LogP contribution in [0.15, 0.2) is 265 Å². The Morgan fingerprint density at radius 1 is 0.313 bits per heavy atom. The third kappa shape index (κ3) is 6.33. The summed E-state index contributed by atoms with van der Waals surface area (Å²) in [5.41, 5.74) is 19.1. The van der Waals surface area contributed by atoms with E-state index in [2.05, 4.69) is 254 Å². The van der Waals surface area contributed by atoms with E-state index in [-0.39, 0.29) is 0 Å². The molecule has 1 aliphatic carbocycles. The molecule has 0 saturated heterocycles. The van der Waals surface area contributed by atoms with Crippen LogP contribution in [0.1, 0.15) is 22.3 Å². The van der Waals surface area contributed by atoms with Crippen LogP contribution in [0.3, 0.4) is 0 Å². The standard InChI is InChI=1S/C65H43NO/c1-3-16-52(17-4-1)65(53-18-5-2-6-19-53)59-22-11-9-21-58(59)64-60(65)23-13-24-61(64)66(55-39-34-48(35-40-55)51-36-41-57-56-20-10-12-25-62(56)67-63(57)43-51)54-37-32-46(33-38-54)45-26-28-47(29-27-45)50-31-30-44-14-7-8-15-49(44)42-50/h1-43H. The maximum absolute atomic E-state index is 6.32. The van der Waals surface area contributed by atoms with Crippen molar-refractivity contribution in [3.63, 3.8) is 0 Å². The lowest BCUT2D eigenvalue weighted by molar-refractivity contribution is 0.669. The van der Waals surface area contributed by atoms with E-state index >= 15 is 0 Å². The van der Waals surface area contributed by atoms with Crippen molar-refractivity contribution in [3.05, 3.63) is 283 Å². The van der Waals surface area contributed by atoms with Gasteiger partial charge in [0.05, 0.1) is 11.1 Å². The van der Waals surface area contributed by atoms with E-state index in [9.17, 15) is 0 Å². The van der Waals surface area contributed by atoms with Gasteiger partial charge in [-0.15, -0.1) is 0 Å². The number of hydrogen-bond donors (Lipinski definition) is 0. The predicted octanol–water partition coefficient (Wildman–Crippen LogP) is 17.6. The molecule has 0 fully saturated rings. The third-order valence-electron chi connectivity index (χ3n) is 14.0. The molecule has 11 aromatic carbocycles. The van der Waals surface area contributed by atoms with Gasteiger partial charge in [0, 0.05) is 27.7 Å². The van der Waals surface area contributed by atoms with Crippen molar-refractivity contribution in [1.82, 2.24) is 0 Å². The molecule has 0 radical (unpaired) electrons. The minimum Gasteiger partial charge on any atom is -0.456 e. The Bertz CT molecular complexity index is 3730. The second-order valence-electron chi connectivity index (χ2n) is 17.6. The van der Waals surface area contributed by atoms with Crippen LogP contribution in [-0.2, 0) is 5.41 Å². The minimum atomic E-state index is -0.516. The molecule has 1 heterocycles. The fourth-order valence-corrected chi connectivity index (χ4v) is 10.8. The van der Waals surface area contributed by atoms with Gasteiger partial charge in [-0.2, -0.15) is 0 Å². The molecule has 2 nitrogen and oxygen atoms in total. The summed E-state index contributed by atoms with van der Waals surface area (Å²) in [5.74, 6) is 0. The molecule has 314 valence electrons. The molecule has 1 aliphatic rings. The average molecular weight is 854 g/mol. The highest BCUT2D eigenvalue weighted by Gasteiger charge is 2.47. The van der Waals surface area contributed by atoms with Crippen molar-refractivity contribution in [2.75, 3.05) is 4.90 Å². The molecular formula is C65H43NO. The number of hydrogen-bond acceptors (Lipinski definition) is 2. The molecule has 0 N–H and O–H groups in total. The molecular weight excluding hydrogens is 811 g/mol. The van der Waals surface area contributed by atoms with Crippen LogP contribution in [0.5, 0.6) is 0 Å². The molecule has 2 heteroatoms. The smallest absolute Gasteiger partial charge is 0.136 e. The summed E-state index contributed by atoms with van der Waals surface area (Å²) in [7, 11) is 0. The second-order valence-corrected chi connectivity index (χ2v) is 17.6. The van der Waals surface area contributed by atoms with Crippen molar-refractivity contribution in [3.8, 4) is 44.5 Å². The lowest BCUT2D eigenvalue weighted by Crippen LogP contribution is -2.28. The van der Waals surface area contributed by atoms with Gasteiger partial charge >= 0.3 is 0 Å². The van der Waals surface area contributed by atoms with Crippen molar-refractivity contribution >= 4 is 49.8 Å². The number of anilines is 3. The largest absolute Gasteiger partial charge is 0.456 e. The van der Waals surface area contributed by atoms with Crippen molar-refractivity contribution in [1.29, 1.82) is 0 Å². The highest BCUT2D eigenvalue weighted by Crippen LogP contribution is 2.59. The first kappa shape index (κ1) is 38.7. The van der Waals surface area contributed by atoms with Crippen LogP contribution in [0, 0.1) is 0 Å². The van der Waals surface area contributed by atoms with E-state index in [1.165, 1.54) is 66.4 Å². The van der Waals surface area contributed by atoms with Gasteiger partial charge in [-0.25, -0.2) is 0 Å². The Balaban J connectivity index is 0.946. The van der Waals surface area contributed by atoms with Gasteiger partial charge in [-0.1, -0.05) is 206 Å². The van der Waals surface area contributed by atoms with Crippen molar-refractivity contribution in [2.45, 2.75) is 5.41 Å². The average Bonchev–Trinajstić information content (AvgIpc) is 3.93. The molecule has 0 atom stereocenters. The Hall–Kier alpha value is -8.72. The predicted molar refractivity (Wildman–Crippen MR) is 280 cm³/mol. The molecule has 67 heavy (non-hydrogen) atoms. The highest BCUT2D eigenvalue weighted by atomic mass is 16.3. The zero-order chi connectivity index (χ0) is 44.3. The number of para-hydroxylation sites is 1. The summed E-state index contributed by atoms with van der Waals surface area (Å²) in [6.45, 7) is 0. The van der Waals surface area contributed by atoms with Gasteiger partial charge in [0.2, 0.25) is 0 Å². The topological polar surface area (TPSA) is 16.4 Å². The van der Waals surface area contributed by atoms with Crippen molar-refractivity contribution < 1.29 is 4.42 Å². The molecule has 13 rings (SSSR count). The van der Waals surface area contributed by atoms with E-state index in [1.54, 1.807) is 0 Å². The van der Waals surface area contributed by atoms with E-state index < -0.39 is 5.41 Å². The summed E-state index contributed by atoms with van der Waals surface area (Å²) in [4.78, 5) is 2.44. The monoisotopic (exact) mass is 853 g/mol. The lowest BCUT2D eigenvalue weighted by atomic mass is 9.68. The van der Waals surface area contributed by atoms with Gasteiger partial charge in [0.15, 0.2) is 0 Å². The number of fused-ring (bicyclic) bond motifs is 7. The van der Waals surface area contributed by atoms with E-state index in [0.29, 0.717) is 0 Å². The van der Waals surface area contributed by atoms with E-state index in [0.717, 1.165) is 50.1 Å². The SMILES string of the molecule is c1ccc(C2(c3ccccc3)c3ccccc3-c3c(N(c4ccc(-c5ccc(-c6ccc7ccccc7c6)cc5)cc4)c4ccc(-c5ccc6c(c5)oc5ccccc56)cc4)cccc32)cc1. The van der Waals surface area contributed by atoms with Gasteiger partial charge in [0.1, 0.15) is 11.2 Å². The van der Waals surface area contributed by atoms with Crippen LogP contribution in [-0.4, -0.2) is 0 Å². The number of nitrogens with zero attached hydrogens (tertiary/aromatic N) is 1. The fourth-order valence-electron chi connectivity index (χ4n) is 10.8. The Morgan fingerprint density at radius 3 is 1.49 bits per heavy atom. The van der Waals surface area contributed by atoms with Crippen LogP contribution in [0.2, 0.25) is 0 Å². The third-order valence-corrected chi connectivity index (χ3v) is 14.0. The maximum atomic E-state index is 6.32. The second kappa shape index (κ2) is 15.8. The Labute approximate surface area is 390 Å². The normalized spacial score (nSPS) is 12.6. The first-order valence-electron chi connectivity index (χ1n) is 23.1. The summed E-state index contributed by atoms with van der Waals surface area (Å²) in [6.07, 6.45) is 0. The van der Waals surface area contributed by atoms with Gasteiger partial charge in [-0.05, 0) is 127 Å². The zero-order valence-electron chi connectivity index (χ0n) is 36.7. The quantitative estimate of drug-likeness (QED) is 0.151. The molecule has 12 aromatic rings. The Morgan fingerprint density at radius 2 is 0.806 bits per heavy atom. The molecule has 0 aliphatic heterocycles. The first-order valence-corrected chi connectivity index (χ1v) is 23.1. The van der Waals surface area contributed by atoms with E-state index in [1.807, 2.05) is 12.1 Å². The van der Waals surface area contributed by atoms with Crippen LogP contribution in [0.4, 0.5) is 17.1 Å². The van der Waals surface area contributed by atoms with Crippen LogP contribution in [0.25, 0.3) is 77.2 Å². The molecule has 0 unspecified atom stereocenters. The number of furan rings is 1. The summed E-state index contributed by atoms with van der Waals surface area (Å²) in [6, 6.07) is 95.1. The Kier molecular flexibility index (Phi) is 9.11. The molecule has 0 saturated carbocycles. The number of rotatable bonds is 8. The van der Waals surface area contributed by atoms with Crippen LogP contribution < -0.4 is 4.90 Å². The lowest BCUT2D eigenvalue weighted by Gasteiger charge is -2.34. The minimum absolute atomic E-state index is 0.516. The highest BCUT2D eigenvalue weighted by molar-refractivity contribution is 6.06. The van der Waals surface area contributed by atoms with Gasteiger partial charge in [0.25, 0.3) is 0 Å². The summed E-state index contributed by atoms with van der Waals surface area (Å²) in [5, 5.41) is 4.78. The summed E-state index contributed by atoms with van der Waals surface area (Å²) >= 11 is 0. The van der Waals surface area contributed by atoms with Crippen molar-refractivity contribution in [2.24, 2.45) is 0 Å². The summed E-state index contributed by atoms with van der Waals surface area (Å²) < 4.78 is 6.32. The van der Waals surface area contributed by atoms with Crippen LogP contribution >= 0.6 is 0 Å². The number of benzene rings is 11. The van der Waals surface area contributed by atoms with Gasteiger partial charge in [-0.3, -0.25) is 0 Å². The van der Waals surface area contributed by atoms with Gasteiger partial charge < -0.3 is 9.32 Å². The molecule has 0 spiro atoms. The molecule has 1 aromatic heterocycles.